The Hall–Kier alpha value is -0.810. The molecule has 2 saturated heterocycles. The largest absolute Gasteiger partial charge is 0.450 e. The average Bonchev–Trinajstić information content (AvgIpc) is 2.68. The lowest BCUT2D eigenvalue weighted by Gasteiger charge is -2.36. The monoisotopic (exact) mass is 215 g/mol. The van der Waals surface area contributed by atoms with Crippen molar-refractivity contribution in [1.29, 1.82) is 0 Å². The quantitative estimate of drug-likeness (QED) is 0.654. The molecule has 15 heavy (non-hydrogen) atoms. The van der Waals surface area contributed by atoms with Crippen LogP contribution in [0.2, 0.25) is 0 Å². The molecule has 0 atom stereocenters. The molecule has 0 radical (unpaired) electrons. The Balaban J connectivity index is 1.83. The minimum absolute atomic E-state index is 0.231. The van der Waals surface area contributed by atoms with Crippen molar-refractivity contribution in [2.24, 2.45) is 0 Å². The number of ether oxygens (including phenoxy) is 3. The highest BCUT2D eigenvalue weighted by molar-refractivity contribution is 5.67. The molecule has 0 aliphatic carbocycles. The number of hydrogen-bond acceptors (Lipinski definition) is 4. The van der Waals surface area contributed by atoms with Crippen LogP contribution in [0.3, 0.4) is 0 Å². The molecule has 0 N–H and O–H groups in total. The maximum Gasteiger partial charge on any atom is 0.409 e. The van der Waals surface area contributed by atoms with Gasteiger partial charge in [-0.05, 0) is 6.92 Å². The summed E-state index contributed by atoms with van der Waals surface area (Å²) in [6.07, 6.45) is 1.25. The predicted molar refractivity (Wildman–Crippen MR) is 52.5 cm³/mol. The fourth-order valence-corrected chi connectivity index (χ4v) is 2.03. The standard InChI is InChI=1S/C10H17NO4/c1-2-13-9(12)11-5-3-10(4-6-11)14-7-8-15-10/h2-8H2,1H3. The Kier molecular flexibility index (Phi) is 3.11. The summed E-state index contributed by atoms with van der Waals surface area (Å²) in [6.45, 7) is 4.87. The van der Waals surface area contributed by atoms with E-state index in [1.54, 1.807) is 4.90 Å². The number of carbonyl (C=O) groups is 1. The van der Waals surface area contributed by atoms with Gasteiger partial charge in [-0.2, -0.15) is 0 Å². The van der Waals surface area contributed by atoms with Gasteiger partial charge in [0.2, 0.25) is 0 Å². The van der Waals surface area contributed by atoms with Crippen LogP contribution in [-0.2, 0) is 14.2 Å². The van der Waals surface area contributed by atoms with Gasteiger partial charge in [-0.1, -0.05) is 0 Å². The average molecular weight is 215 g/mol. The number of likely N-dealkylation sites (tertiary alicyclic amines) is 1. The minimum atomic E-state index is -0.414. The highest BCUT2D eigenvalue weighted by Crippen LogP contribution is 2.31. The molecule has 1 spiro atoms. The zero-order chi connectivity index (χ0) is 10.7. The Labute approximate surface area is 89.3 Å². The van der Waals surface area contributed by atoms with Gasteiger partial charge in [0.1, 0.15) is 0 Å². The van der Waals surface area contributed by atoms with Crippen molar-refractivity contribution in [2.45, 2.75) is 25.6 Å². The molecule has 2 fully saturated rings. The molecule has 5 nitrogen and oxygen atoms in total. The van der Waals surface area contributed by atoms with Gasteiger partial charge in [-0.25, -0.2) is 4.79 Å². The second-order valence-corrected chi connectivity index (χ2v) is 3.79. The first-order chi connectivity index (χ1) is 7.26. The van der Waals surface area contributed by atoms with Crippen molar-refractivity contribution in [3.8, 4) is 0 Å². The summed E-state index contributed by atoms with van der Waals surface area (Å²) in [4.78, 5) is 13.1. The minimum Gasteiger partial charge on any atom is -0.450 e. The number of nitrogens with zero attached hydrogens (tertiary/aromatic N) is 1. The predicted octanol–water partition coefficient (Wildman–Crippen LogP) is 0.982. The normalized spacial score (nSPS) is 24.5. The summed E-state index contributed by atoms with van der Waals surface area (Å²) in [5.74, 6) is -0.414. The lowest BCUT2D eigenvalue weighted by atomic mass is 10.0. The van der Waals surface area contributed by atoms with E-state index in [-0.39, 0.29) is 6.09 Å². The van der Waals surface area contributed by atoms with Gasteiger partial charge in [0.05, 0.1) is 19.8 Å². The van der Waals surface area contributed by atoms with E-state index in [1.165, 1.54) is 0 Å². The second kappa shape index (κ2) is 4.37. The van der Waals surface area contributed by atoms with Crippen molar-refractivity contribution in [1.82, 2.24) is 4.90 Å². The number of carbonyl (C=O) groups excluding carboxylic acids is 1. The molecule has 86 valence electrons. The zero-order valence-corrected chi connectivity index (χ0v) is 9.03. The van der Waals surface area contributed by atoms with Crippen LogP contribution in [0.1, 0.15) is 19.8 Å². The number of amides is 1. The molecule has 2 aliphatic rings. The van der Waals surface area contributed by atoms with Crippen LogP contribution in [0, 0.1) is 0 Å². The van der Waals surface area contributed by atoms with E-state index < -0.39 is 5.79 Å². The highest BCUT2D eigenvalue weighted by atomic mass is 16.7. The van der Waals surface area contributed by atoms with Gasteiger partial charge < -0.3 is 19.1 Å². The summed E-state index contributed by atoms with van der Waals surface area (Å²) >= 11 is 0. The van der Waals surface area contributed by atoms with Gasteiger partial charge in [-0.3, -0.25) is 0 Å². The van der Waals surface area contributed by atoms with Gasteiger partial charge in [-0.15, -0.1) is 0 Å². The Morgan fingerprint density at radius 3 is 2.47 bits per heavy atom. The summed E-state index contributed by atoms with van der Waals surface area (Å²) in [5, 5.41) is 0. The Bertz CT molecular complexity index is 228. The number of piperidine rings is 1. The molecule has 0 unspecified atom stereocenters. The van der Waals surface area contributed by atoms with E-state index in [2.05, 4.69) is 0 Å². The van der Waals surface area contributed by atoms with Crippen molar-refractivity contribution in [3.05, 3.63) is 0 Å². The van der Waals surface area contributed by atoms with Crippen LogP contribution in [0.4, 0.5) is 4.79 Å². The summed E-state index contributed by atoms with van der Waals surface area (Å²) in [5.41, 5.74) is 0. The SMILES string of the molecule is CCOC(=O)N1CCC2(CC1)OCCO2. The molecule has 5 heteroatoms. The highest BCUT2D eigenvalue weighted by Gasteiger charge is 2.40. The van der Waals surface area contributed by atoms with E-state index >= 15 is 0 Å². The van der Waals surface area contributed by atoms with Crippen LogP contribution < -0.4 is 0 Å². The van der Waals surface area contributed by atoms with E-state index in [1.807, 2.05) is 6.92 Å². The van der Waals surface area contributed by atoms with Crippen LogP contribution in [-0.4, -0.2) is 49.7 Å². The molecule has 1 amide bonds. The van der Waals surface area contributed by atoms with E-state index in [4.69, 9.17) is 14.2 Å². The van der Waals surface area contributed by atoms with Gasteiger partial charge in [0.15, 0.2) is 5.79 Å². The molecule has 0 aromatic heterocycles. The maximum absolute atomic E-state index is 11.4. The van der Waals surface area contributed by atoms with Gasteiger partial charge in [0.25, 0.3) is 0 Å². The van der Waals surface area contributed by atoms with Crippen LogP contribution in [0.25, 0.3) is 0 Å². The maximum atomic E-state index is 11.4. The van der Waals surface area contributed by atoms with Crippen molar-refractivity contribution in [2.75, 3.05) is 32.9 Å². The molecule has 0 aromatic carbocycles. The van der Waals surface area contributed by atoms with E-state index in [0.29, 0.717) is 32.9 Å². The fourth-order valence-electron chi connectivity index (χ4n) is 2.03. The Morgan fingerprint density at radius 1 is 1.33 bits per heavy atom. The van der Waals surface area contributed by atoms with Gasteiger partial charge in [0, 0.05) is 25.9 Å². The Morgan fingerprint density at radius 2 is 1.93 bits per heavy atom. The lowest BCUT2D eigenvalue weighted by molar-refractivity contribution is -0.182. The molecule has 0 saturated carbocycles. The van der Waals surface area contributed by atoms with Crippen LogP contribution in [0.5, 0.6) is 0 Å². The number of hydrogen-bond donors (Lipinski definition) is 0. The van der Waals surface area contributed by atoms with Crippen molar-refractivity contribution in [3.63, 3.8) is 0 Å². The molecule has 2 rings (SSSR count). The summed E-state index contributed by atoms with van der Waals surface area (Å²) in [6, 6.07) is 0. The fraction of sp³-hybridized carbons (Fsp3) is 0.900. The van der Waals surface area contributed by atoms with Crippen LogP contribution >= 0.6 is 0 Å². The lowest BCUT2D eigenvalue weighted by Crippen LogP contribution is -2.47. The van der Waals surface area contributed by atoms with Crippen molar-refractivity contribution >= 4 is 6.09 Å². The van der Waals surface area contributed by atoms with Crippen LogP contribution in [0.15, 0.2) is 0 Å². The summed E-state index contributed by atoms with van der Waals surface area (Å²) in [7, 11) is 0. The molecular weight excluding hydrogens is 198 g/mol. The molecule has 2 heterocycles. The molecule has 2 aliphatic heterocycles. The second-order valence-electron chi connectivity index (χ2n) is 3.79. The number of rotatable bonds is 1. The van der Waals surface area contributed by atoms with Crippen molar-refractivity contribution < 1.29 is 19.0 Å². The topological polar surface area (TPSA) is 48.0 Å². The third-order valence-corrected chi connectivity index (χ3v) is 2.86. The molecular formula is C10H17NO4. The first kappa shape index (κ1) is 10.7. The third-order valence-electron chi connectivity index (χ3n) is 2.86. The van der Waals surface area contributed by atoms with E-state index in [9.17, 15) is 4.79 Å². The smallest absolute Gasteiger partial charge is 0.409 e. The first-order valence-corrected chi connectivity index (χ1v) is 5.45. The zero-order valence-electron chi connectivity index (χ0n) is 9.03. The molecule has 0 aromatic rings. The summed E-state index contributed by atoms with van der Waals surface area (Å²) < 4.78 is 16.1. The third kappa shape index (κ3) is 2.23. The molecule has 0 bridgehead atoms. The van der Waals surface area contributed by atoms with Gasteiger partial charge >= 0.3 is 6.09 Å². The van der Waals surface area contributed by atoms with E-state index in [0.717, 1.165) is 12.8 Å². The first-order valence-electron chi connectivity index (χ1n) is 5.45.